The Labute approximate surface area is 95.5 Å². The van der Waals surface area contributed by atoms with E-state index in [9.17, 15) is 0 Å². The first kappa shape index (κ1) is 14.9. The Balaban J connectivity index is 0.000000423. The van der Waals surface area contributed by atoms with Crippen molar-refractivity contribution in [3.8, 4) is 0 Å². The van der Waals surface area contributed by atoms with E-state index in [0.29, 0.717) is 6.61 Å². The van der Waals surface area contributed by atoms with Crippen molar-refractivity contribution >= 4 is 0 Å². The molecule has 15 heavy (non-hydrogen) atoms. The highest BCUT2D eigenvalue weighted by molar-refractivity contribution is 4.79. The maximum atomic E-state index is 7.88. The lowest BCUT2D eigenvalue weighted by atomic mass is 10.1. The highest BCUT2D eigenvalue weighted by atomic mass is 16.2. The Kier molecular flexibility index (Phi) is 10.4. The van der Waals surface area contributed by atoms with Gasteiger partial charge in [0, 0.05) is 12.6 Å². The summed E-state index contributed by atoms with van der Waals surface area (Å²) in [6.45, 7) is 8.10. The van der Waals surface area contributed by atoms with Gasteiger partial charge in [-0.05, 0) is 38.1 Å². The van der Waals surface area contributed by atoms with Crippen LogP contribution in [0.2, 0.25) is 0 Å². The first-order valence-electron chi connectivity index (χ1n) is 6.60. The molecule has 2 heteroatoms. The second kappa shape index (κ2) is 10.4. The molecule has 0 bridgehead atoms. The number of rotatable bonds is 5. The molecule has 0 amide bonds. The van der Waals surface area contributed by atoms with Crippen LogP contribution in [-0.4, -0.2) is 24.3 Å². The molecule has 1 aliphatic carbocycles. The third-order valence-electron chi connectivity index (χ3n) is 3.02. The number of unbranched alkanes of at least 4 members (excludes halogenated alkanes) is 1. The van der Waals surface area contributed by atoms with E-state index in [4.69, 9.17) is 5.11 Å². The molecule has 0 aromatic heterocycles. The maximum Gasteiger partial charge on any atom is 0.0428 e. The third-order valence-corrected chi connectivity index (χ3v) is 3.02. The molecule has 1 rings (SSSR count). The average molecular weight is 215 g/mol. The fraction of sp³-hybridized carbons (Fsp3) is 1.00. The number of aliphatic hydroxyl groups excluding tert-OH is 1. The molecule has 2 atom stereocenters. The summed E-state index contributed by atoms with van der Waals surface area (Å²) in [7, 11) is 0. The summed E-state index contributed by atoms with van der Waals surface area (Å²) >= 11 is 0. The lowest BCUT2D eigenvalue weighted by molar-refractivity contribution is 0.295. The fourth-order valence-corrected chi connectivity index (χ4v) is 1.91. The van der Waals surface area contributed by atoms with Gasteiger partial charge in [-0.2, -0.15) is 0 Å². The van der Waals surface area contributed by atoms with Crippen LogP contribution in [0.15, 0.2) is 0 Å². The van der Waals surface area contributed by atoms with Crippen molar-refractivity contribution in [1.82, 2.24) is 5.32 Å². The van der Waals surface area contributed by atoms with Gasteiger partial charge in [0.25, 0.3) is 0 Å². The molecule has 0 radical (unpaired) electrons. The van der Waals surface area contributed by atoms with Crippen LogP contribution >= 0.6 is 0 Å². The topological polar surface area (TPSA) is 32.3 Å². The number of aliphatic hydroxyl groups is 1. The van der Waals surface area contributed by atoms with Crippen LogP contribution in [0.25, 0.3) is 0 Å². The van der Waals surface area contributed by atoms with Crippen LogP contribution in [0.4, 0.5) is 0 Å². The summed E-state index contributed by atoms with van der Waals surface area (Å²) < 4.78 is 0. The maximum absolute atomic E-state index is 7.88. The molecular weight excluding hydrogens is 186 g/mol. The summed E-state index contributed by atoms with van der Waals surface area (Å²) in [4.78, 5) is 0. The summed E-state index contributed by atoms with van der Waals surface area (Å²) in [5.41, 5.74) is 0. The Morgan fingerprint density at radius 1 is 1.20 bits per heavy atom. The first-order valence-corrected chi connectivity index (χ1v) is 6.60. The van der Waals surface area contributed by atoms with Gasteiger partial charge >= 0.3 is 0 Å². The molecule has 0 heterocycles. The van der Waals surface area contributed by atoms with Crippen molar-refractivity contribution in [2.45, 2.75) is 65.3 Å². The molecule has 2 unspecified atom stereocenters. The highest BCUT2D eigenvalue weighted by Gasteiger charge is 2.21. The predicted octanol–water partition coefficient (Wildman–Crippen LogP) is 2.95. The van der Waals surface area contributed by atoms with Gasteiger partial charge < -0.3 is 10.4 Å². The SMILES string of the molecule is CCCCNC1CCCC1C.CCCO. The molecule has 1 aliphatic rings. The summed E-state index contributed by atoms with van der Waals surface area (Å²) in [6.07, 6.45) is 7.80. The number of nitrogens with one attached hydrogen (secondary N) is 1. The molecule has 2 nitrogen and oxygen atoms in total. The Morgan fingerprint density at radius 2 is 1.87 bits per heavy atom. The molecule has 0 aliphatic heterocycles. The minimum absolute atomic E-state index is 0.319. The van der Waals surface area contributed by atoms with Gasteiger partial charge in [0.1, 0.15) is 0 Å². The van der Waals surface area contributed by atoms with E-state index in [1.165, 1.54) is 38.6 Å². The van der Waals surface area contributed by atoms with Crippen LogP contribution in [0.5, 0.6) is 0 Å². The van der Waals surface area contributed by atoms with Crippen LogP contribution < -0.4 is 5.32 Å². The van der Waals surface area contributed by atoms with Gasteiger partial charge in [-0.3, -0.25) is 0 Å². The minimum atomic E-state index is 0.319. The van der Waals surface area contributed by atoms with E-state index < -0.39 is 0 Å². The second-order valence-corrected chi connectivity index (χ2v) is 4.55. The zero-order valence-electron chi connectivity index (χ0n) is 10.8. The highest BCUT2D eigenvalue weighted by Crippen LogP contribution is 2.24. The Bertz CT molecular complexity index is 126. The molecule has 2 N–H and O–H groups in total. The molecule has 0 spiro atoms. The van der Waals surface area contributed by atoms with Crippen molar-refractivity contribution in [3.63, 3.8) is 0 Å². The zero-order chi connectivity index (χ0) is 11.5. The second-order valence-electron chi connectivity index (χ2n) is 4.55. The van der Waals surface area contributed by atoms with E-state index in [1.54, 1.807) is 0 Å². The first-order chi connectivity index (χ1) is 7.26. The monoisotopic (exact) mass is 215 g/mol. The van der Waals surface area contributed by atoms with Crippen molar-refractivity contribution in [2.24, 2.45) is 5.92 Å². The van der Waals surface area contributed by atoms with Crippen LogP contribution in [0.1, 0.15) is 59.3 Å². The van der Waals surface area contributed by atoms with E-state index in [-0.39, 0.29) is 0 Å². The lowest BCUT2D eigenvalue weighted by Crippen LogP contribution is -2.31. The van der Waals surface area contributed by atoms with Crippen molar-refractivity contribution in [2.75, 3.05) is 13.2 Å². The molecule has 1 saturated carbocycles. The van der Waals surface area contributed by atoms with Gasteiger partial charge in [0.05, 0.1) is 0 Å². The average Bonchev–Trinajstić information content (AvgIpc) is 2.65. The lowest BCUT2D eigenvalue weighted by Gasteiger charge is -2.16. The van der Waals surface area contributed by atoms with Crippen LogP contribution in [0, 0.1) is 5.92 Å². The van der Waals surface area contributed by atoms with E-state index >= 15 is 0 Å². The van der Waals surface area contributed by atoms with Gasteiger partial charge in [0.2, 0.25) is 0 Å². The van der Waals surface area contributed by atoms with E-state index in [1.807, 2.05) is 6.92 Å². The summed E-state index contributed by atoms with van der Waals surface area (Å²) in [5, 5.41) is 11.5. The minimum Gasteiger partial charge on any atom is -0.396 e. The van der Waals surface area contributed by atoms with E-state index in [0.717, 1.165) is 18.4 Å². The fourth-order valence-electron chi connectivity index (χ4n) is 1.91. The van der Waals surface area contributed by atoms with Gasteiger partial charge in [0.15, 0.2) is 0 Å². The van der Waals surface area contributed by atoms with Gasteiger partial charge in [-0.1, -0.05) is 33.6 Å². The zero-order valence-corrected chi connectivity index (χ0v) is 10.8. The largest absolute Gasteiger partial charge is 0.396 e. The summed E-state index contributed by atoms with van der Waals surface area (Å²) in [5.74, 6) is 0.923. The number of hydrogen-bond acceptors (Lipinski definition) is 2. The molecule has 0 aromatic carbocycles. The van der Waals surface area contributed by atoms with Crippen molar-refractivity contribution in [1.29, 1.82) is 0 Å². The molecule has 92 valence electrons. The number of hydrogen-bond donors (Lipinski definition) is 2. The normalized spacial score (nSPS) is 24.8. The quantitative estimate of drug-likeness (QED) is 0.691. The predicted molar refractivity (Wildman–Crippen MR) is 67.1 cm³/mol. The van der Waals surface area contributed by atoms with Crippen molar-refractivity contribution in [3.05, 3.63) is 0 Å². The third kappa shape index (κ3) is 7.80. The molecular formula is C13H29NO. The molecule has 0 saturated heterocycles. The van der Waals surface area contributed by atoms with Gasteiger partial charge in [-0.25, -0.2) is 0 Å². The van der Waals surface area contributed by atoms with Gasteiger partial charge in [-0.15, -0.1) is 0 Å². The standard InChI is InChI=1S/C10H21N.C3H8O/c1-3-4-8-11-10-7-5-6-9(10)2;1-2-3-4/h9-11H,3-8H2,1-2H3;4H,2-3H2,1H3. The van der Waals surface area contributed by atoms with E-state index in [2.05, 4.69) is 19.2 Å². The molecule has 0 aromatic rings. The Hall–Kier alpha value is -0.0800. The molecule has 1 fully saturated rings. The van der Waals surface area contributed by atoms with Crippen LogP contribution in [0.3, 0.4) is 0 Å². The Morgan fingerprint density at radius 3 is 2.27 bits per heavy atom. The summed E-state index contributed by atoms with van der Waals surface area (Å²) in [6, 6.07) is 0.835. The van der Waals surface area contributed by atoms with Crippen LogP contribution in [-0.2, 0) is 0 Å². The van der Waals surface area contributed by atoms with Crippen molar-refractivity contribution < 1.29 is 5.11 Å². The smallest absolute Gasteiger partial charge is 0.0428 e.